The molecule has 0 radical (unpaired) electrons. The van der Waals surface area contributed by atoms with Crippen LogP contribution < -0.4 is 23.8 Å². The Morgan fingerprint density at radius 2 is 1.51 bits per heavy atom. The topological polar surface area (TPSA) is 94.2 Å². The van der Waals surface area contributed by atoms with Gasteiger partial charge in [-0.05, 0) is 48.0 Å². The zero-order valence-electron chi connectivity index (χ0n) is 19.2. The Balaban J connectivity index is 1.87. The summed E-state index contributed by atoms with van der Waals surface area (Å²) in [6.07, 6.45) is 0. The lowest BCUT2D eigenvalue weighted by Crippen LogP contribution is -2.40. The molecule has 1 N–H and O–H groups in total. The highest BCUT2D eigenvalue weighted by Gasteiger charge is 2.27. The molecule has 8 nitrogen and oxygen atoms in total. The summed E-state index contributed by atoms with van der Waals surface area (Å²) in [4.78, 5) is 12.9. The van der Waals surface area contributed by atoms with Gasteiger partial charge in [0, 0.05) is 6.54 Å². The minimum Gasteiger partial charge on any atom is -0.493 e. The molecule has 186 valence electrons. The summed E-state index contributed by atoms with van der Waals surface area (Å²) in [5.74, 6) is 0.745. The highest BCUT2D eigenvalue weighted by atomic mass is 35.5. The Hall–Kier alpha value is -3.14. The third-order valence-electron chi connectivity index (χ3n) is 5.02. The number of benzene rings is 3. The van der Waals surface area contributed by atoms with Gasteiger partial charge < -0.3 is 19.5 Å². The lowest BCUT2D eigenvalue weighted by Gasteiger charge is -2.24. The van der Waals surface area contributed by atoms with Gasteiger partial charge in [-0.3, -0.25) is 9.10 Å². The number of carbonyl (C=O) groups is 1. The number of carbonyl (C=O) groups excluding carboxylic acids is 1. The number of ether oxygens (including phenoxy) is 3. The zero-order chi connectivity index (χ0) is 25.6. The Kier molecular flexibility index (Phi) is 8.71. The quantitative estimate of drug-likeness (QED) is 0.407. The summed E-state index contributed by atoms with van der Waals surface area (Å²) in [7, 11) is 0.393. The molecule has 3 aromatic rings. The first-order chi connectivity index (χ1) is 16.7. The predicted molar refractivity (Wildman–Crippen MR) is 135 cm³/mol. The number of nitrogens with zero attached hydrogens (tertiary/aromatic N) is 1. The molecule has 0 saturated carbocycles. The van der Waals surface area contributed by atoms with Gasteiger partial charge in [0.25, 0.3) is 10.0 Å². The molecule has 1 amide bonds. The number of hydrogen-bond acceptors (Lipinski definition) is 6. The molecule has 0 bridgehead atoms. The van der Waals surface area contributed by atoms with Crippen molar-refractivity contribution >= 4 is 44.8 Å². The van der Waals surface area contributed by atoms with Crippen LogP contribution in [0.25, 0.3) is 0 Å². The first-order valence-electron chi connectivity index (χ1n) is 10.3. The fourth-order valence-corrected chi connectivity index (χ4v) is 5.03. The molecule has 0 spiro atoms. The fourth-order valence-electron chi connectivity index (χ4n) is 3.30. The van der Waals surface area contributed by atoms with Crippen molar-refractivity contribution in [3.8, 4) is 17.2 Å². The largest absolute Gasteiger partial charge is 0.493 e. The minimum atomic E-state index is -4.08. The van der Waals surface area contributed by atoms with E-state index in [2.05, 4.69) is 5.32 Å². The van der Waals surface area contributed by atoms with E-state index in [0.29, 0.717) is 22.8 Å². The van der Waals surface area contributed by atoms with Gasteiger partial charge in [0.05, 0.1) is 42.0 Å². The molecule has 0 atom stereocenters. The van der Waals surface area contributed by atoms with E-state index in [9.17, 15) is 13.2 Å². The summed E-state index contributed by atoms with van der Waals surface area (Å²) in [5, 5.41) is 3.16. The van der Waals surface area contributed by atoms with Crippen molar-refractivity contribution in [1.82, 2.24) is 5.32 Å². The van der Waals surface area contributed by atoms with Crippen LogP contribution in [-0.2, 0) is 21.4 Å². The van der Waals surface area contributed by atoms with Crippen LogP contribution in [0.2, 0.25) is 10.0 Å². The second-order valence-corrected chi connectivity index (χ2v) is 9.91. The summed E-state index contributed by atoms with van der Waals surface area (Å²) >= 11 is 12.1. The van der Waals surface area contributed by atoms with Gasteiger partial charge >= 0.3 is 0 Å². The van der Waals surface area contributed by atoms with Crippen molar-refractivity contribution in [3.63, 3.8) is 0 Å². The van der Waals surface area contributed by atoms with Crippen molar-refractivity contribution in [2.75, 3.05) is 32.2 Å². The Labute approximate surface area is 214 Å². The number of methoxy groups -OCH3 is 3. The van der Waals surface area contributed by atoms with Gasteiger partial charge in [0.15, 0.2) is 11.5 Å². The molecule has 35 heavy (non-hydrogen) atoms. The molecule has 11 heteroatoms. The van der Waals surface area contributed by atoms with Crippen LogP contribution in [0.5, 0.6) is 17.2 Å². The van der Waals surface area contributed by atoms with E-state index in [-0.39, 0.29) is 27.2 Å². The smallest absolute Gasteiger partial charge is 0.264 e. The van der Waals surface area contributed by atoms with Gasteiger partial charge in [-0.25, -0.2) is 8.42 Å². The highest BCUT2D eigenvalue weighted by molar-refractivity contribution is 7.92. The van der Waals surface area contributed by atoms with E-state index in [1.807, 2.05) is 0 Å². The molecule has 0 heterocycles. The van der Waals surface area contributed by atoms with E-state index in [4.69, 9.17) is 37.4 Å². The van der Waals surface area contributed by atoms with Crippen molar-refractivity contribution in [3.05, 3.63) is 76.3 Å². The van der Waals surface area contributed by atoms with Crippen molar-refractivity contribution in [1.29, 1.82) is 0 Å². The molecule has 3 rings (SSSR count). The molecule has 0 saturated heterocycles. The fraction of sp³-hybridized carbons (Fsp3) is 0.208. The van der Waals surface area contributed by atoms with Crippen molar-refractivity contribution < 1.29 is 27.4 Å². The number of amides is 1. The summed E-state index contributed by atoms with van der Waals surface area (Å²) < 4.78 is 43.8. The number of sulfonamides is 1. The van der Waals surface area contributed by atoms with Crippen LogP contribution in [0.1, 0.15) is 5.56 Å². The molecule has 0 fully saturated rings. The van der Waals surface area contributed by atoms with Crippen molar-refractivity contribution in [2.45, 2.75) is 11.4 Å². The van der Waals surface area contributed by atoms with E-state index >= 15 is 0 Å². The SMILES string of the molecule is COc1cc(CNC(=O)CN(c2ccc(Cl)c(Cl)c2)S(=O)(=O)c2ccccc2)cc(OC)c1OC. The van der Waals surface area contributed by atoms with Crippen LogP contribution in [0.4, 0.5) is 5.69 Å². The molecule has 0 unspecified atom stereocenters. The molecule has 0 aliphatic heterocycles. The molecular weight excluding hydrogens is 515 g/mol. The second-order valence-electron chi connectivity index (χ2n) is 7.23. The summed E-state index contributed by atoms with van der Waals surface area (Å²) in [6, 6.07) is 15.6. The molecule has 0 aliphatic carbocycles. The third kappa shape index (κ3) is 6.11. The first-order valence-corrected chi connectivity index (χ1v) is 12.5. The number of anilines is 1. The Morgan fingerprint density at radius 1 is 0.886 bits per heavy atom. The van der Waals surface area contributed by atoms with Crippen LogP contribution in [0.15, 0.2) is 65.6 Å². The van der Waals surface area contributed by atoms with Gasteiger partial charge in [-0.2, -0.15) is 0 Å². The van der Waals surface area contributed by atoms with E-state index in [1.165, 1.54) is 51.7 Å². The maximum absolute atomic E-state index is 13.4. The maximum Gasteiger partial charge on any atom is 0.264 e. The van der Waals surface area contributed by atoms with Gasteiger partial charge in [0.2, 0.25) is 11.7 Å². The molecule has 0 aliphatic rings. The number of hydrogen-bond donors (Lipinski definition) is 1. The number of halogens is 2. The normalized spacial score (nSPS) is 11.0. The molecule has 3 aromatic carbocycles. The van der Waals surface area contributed by atoms with E-state index < -0.39 is 22.5 Å². The van der Waals surface area contributed by atoms with Crippen molar-refractivity contribution in [2.24, 2.45) is 0 Å². The number of rotatable bonds is 10. The van der Waals surface area contributed by atoms with Gasteiger partial charge in [0.1, 0.15) is 6.54 Å². The second kappa shape index (κ2) is 11.5. The monoisotopic (exact) mass is 538 g/mol. The van der Waals surface area contributed by atoms with Crippen LogP contribution >= 0.6 is 23.2 Å². The van der Waals surface area contributed by atoms with E-state index in [1.54, 1.807) is 30.3 Å². The standard InChI is InChI=1S/C24H24Cl2N2O6S/c1-32-21-11-16(12-22(33-2)24(21)34-3)14-27-23(29)15-28(17-9-10-19(25)20(26)13-17)35(30,31)18-7-5-4-6-8-18/h4-13H,14-15H2,1-3H3,(H,27,29). The predicted octanol–water partition coefficient (Wildman–Crippen LogP) is 4.53. The average Bonchev–Trinajstić information content (AvgIpc) is 2.87. The summed E-state index contributed by atoms with van der Waals surface area (Å²) in [6.45, 7) is -0.393. The first kappa shape index (κ1) is 26.5. The Morgan fingerprint density at radius 3 is 2.06 bits per heavy atom. The maximum atomic E-state index is 13.4. The zero-order valence-corrected chi connectivity index (χ0v) is 21.6. The third-order valence-corrected chi connectivity index (χ3v) is 7.55. The average molecular weight is 539 g/mol. The van der Waals surface area contributed by atoms with Gasteiger partial charge in [-0.15, -0.1) is 0 Å². The van der Waals surface area contributed by atoms with Gasteiger partial charge in [-0.1, -0.05) is 41.4 Å². The van der Waals surface area contributed by atoms with Crippen LogP contribution in [-0.4, -0.2) is 42.2 Å². The van der Waals surface area contributed by atoms with Crippen LogP contribution in [0, 0.1) is 0 Å². The van der Waals surface area contributed by atoms with Crippen LogP contribution in [0.3, 0.4) is 0 Å². The lowest BCUT2D eigenvalue weighted by atomic mass is 10.1. The highest BCUT2D eigenvalue weighted by Crippen LogP contribution is 2.38. The van der Waals surface area contributed by atoms with E-state index in [0.717, 1.165) is 4.31 Å². The number of nitrogens with one attached hydrogen (secondary N) is 1. The summed E-state index contributed by atoms with van der Waals surface area (Å²) in [5.41, 5.74) is 0.867. The Bertz CT molecular complexity index is 1280. The molecule has 0 aromatic heterocycles. The minimum absolute atomic E-state index is 0.0310. The molecular formula is C24H24Cl2N2O6S. The lowest BCUT2D eigenvalue weighted by molar-refractivity contribution is -0.119.